The zero-order chi connectivity index (χ0) is 20.2. The lowest BCUT2D eigenvalue weighted by molar-refractivity contribution is -0.137. The minimum Gasteiger partial charge on any atom is -0.481 e. The van der Waals surface area contributed by atoms with Crippen molar-refractivity contribution in [1.29, 1.82) is 0 Å². The Balaban J connectivity index is 3.96. The molecule has 0 saturated carbocycles. The molecule has 0 aromatic rings. The number of allylic oxidation sites excluding steroid dienone is 9. The molecule has 0 amide bonds. The fraction of sp³-hybridized carbons (Fsp3) is 0.542. The number of aliphatic carboxylic acids is 1. The second-order valence-electron chi connectivity index (χ2n) is 6.86. The first kappa shape index (κ1) is 25.1. The number of unbranched alkanes of at least 4 members (excludes halogenated alkanes) is 2. The highest BCUT2D eigenvalue weighted by atomic mass is 16.4. The van der Waals surface area contributed by atoms with E-state index in [0.29, 0.717) is 12.3 Å². The number of hydrogen-bond acceptors (Lipinski definition) is 2. The van der Waals surface area contributed by atoms with Gasteiger partial charge in [-0.2, -0.15) is 0 Å². The third-order valence-corrected chi connectivity index (χ3v) is 4.13. The van der Waals surface area contributed by atoms with E-state index < -0.39 is 5.97 Å². The normalized spacial score (nSPS) is 15.1. The SMILES string of the molecule is CCC=CCC=CCC(C)C=CC=CCC(C=CCCCCC(=O)O)CO. The first-order valence-corrected chi connectivity index (χ1v) is 10.2. The van der Waals surface area contributed by atoms with Crippen LogP contribution < -0.4 is 0 Å². The van der Waals surface area contributed by atoms with Gasteiger partial charge in [0.15, 0.2) is 0 Å². The molecule has 3 nitrogen and oxygen atoms in total. The van der Waals surface area contributed by atoms with Crippen molar-refractivity contribution in [2.75, 3.05) is 6.61 Å². The average Bonchev–Trinajstić information content (AvgIpc) is 2.65. The first-order chi connectivity index (χ1) is 13.1. The van der Waals surface area contributed by atoms with Gasteiger partial charge >= 0.3 is 5.97 Å². The number of hydrogen-bond donors (Lipinski definition) is 2. The zero-order valence-corrected chi connectivity index (χ0v) is 17.1. The number of carbonyl (C=O) groups is 1. The van der Waals surface area contributed by atoms with Crippen molar-refractivity contribution in [3.05, 3.63) is 60.8 Å². The topological polar surface area (TPSA) is 57.5 Å². The number of aliphatic hydroxyl groups is 1. The van der Waals surface area contributed by atoms with Gasteiger partial charge in [0.2, 0.25) is 0 Å². The Morgan fingerprint density at radius 2 is 1.70 bits per heavy atom. The maximum atomic E-state index is 10.4. The molecule has 0 saturated heterocycles. The zero-order valence-electron chi connectivity index (χ0n) is 17.1. The molecular formula is C24H38O3. The van der Waals surface area contributed by atoms with Crippen molar-refractivity contribution in [3.63, 3.8) is 0 Å². The smallest absolute Gasteiger partial charge is 0.303 e. The van der Waals surface area contributed by atoms with E-state index in [1.165, 1.54) is 0 Å². The maximum absolute atomic E-state index is 10.4. The molecule has 0 aliphatic heterocycles. The van der Waals surface area contributed by atoms with E-state index in [1.54, 1.807) is 0 Å². The van der Waals surface area contributed by atoms with Gasteiger partial charge in [-0.1, -0.05) is 74.6 Å². The summed E-state index contributed by atoms with van der Waals surface area (Å²) in [5, 5.41) is 18.0. The summed E-state index contributed by atoms with van der Waals surface area (Å²) in [6, 6.07) is 0. The fourth-order valence-electron chi connectivity index (χ4n) is 2.45. The van der Waals surface area contributed by atoms with Crippen molar-refractivity contribution in [2.45, 2.75) is 65.2 Å². The molecule has 0 aromatic carbocycles. The van der Waals surface area contributed by atoms with Gasteiger partial charge in [0.25, 0.3) is 0 Å². The Hall–Kier alpha value is -1.87. The third kappa shape index (κ3) is 18.7. The molecule has 0 aromatic heterocycles. The van der Waals surface area contributed by atoms with E-state index in [4.69, 9.17) is 5.11 Å². The van der Waals surface area contributed by atoms with Crippen molar-refractivity contribution < 1.29 is 15.0 Å². The van der Waals surface area contributed by atoms with E-state index in [2.05, 4.69) is 62.5 Å². The Kier molecular flexibility index (Phi) is 17.6. The molecule has 0 aliphatic carbocycles. The van der Waals surface area contributed by atoms with Gasteiger partial charge in [0, 0.05) is 18.9 Å². The fourth-order valence-corrected chi connectivity index (χ4v) is 2.45. The highest BCUT2D eigenvalue weighted by Crippen LogP contribution is 2.09. The van der Waals surface area contributed by atoms with Crippen LogP contribution in [0.2, 0.25) is 0 Å². The standard InChI is InChI=1S/C24H38O3/c1-3-4-5-6-7-11-16-22(2)17-12-10-14-19-23(21-25)18-13-8-9-15-20-24(26)27/h4-5,7,10-14,17-18,22-23,25H,3,6,8-9,15-16,19-21H2,1-2H3,(H,26,27). The van der Waals surface area contributed by atoms with E-state index in [0.717, 1.165) is 38.5 Å². The van der Waals surface area contributed by atoms with Crippen LogP contribution in [-0.4, -0.2) is 22.8 Å². The predicted octanol–water partition coefficient (Wildman–Crippen LogP) is 6.24. The van der Waals surface area contributed by atoms with Crippen LogP contribution in [0.4, 0.5) is 0 Å². The van der Waals surface area contributed by atoms with Crippen LogP contribution in [0, 0.1) is 11.8 Å². The van der Waals surface area contributed by atoms with Crippen LogP contribution in [0.5, 0.6) is 0 Å². The summed E-state index contributed by atoms with van der Waals surface area (Å²) in [5.74, 6) is -0.0917. The highest BCUT2D eigenvalue weighted by Gasteiger charge is 2.00. The molecule has 0 bridgehead atoms. The lowest BCUT2D eigenvalue weighted by atomic mass is 10.0. The molecule has 0 heterocycles. The second-order valence-corrected chi connectivity index (χ2v) is 6.86. The molecule has 0 fully saturated rings. The van der Waals surface area contributed by atoms with Gasteiger partial charge in [-0.25, -0.2) is 0 Å². The van der Waals surface area contributed by atoms with Crippen LogP contribution in [-0.2, 0) is 4.79 Å². The molecule has 2 unspecified atom stereocenters. The quantitative estimate of drug-likeness (QED) is 0.191. The van der Waals surface area contributed by atoms with Crippen LogP contribution in [0.1, 0.15) is 65.2 Å². The molecule has 0 aliphatic rings. The summed E-state index contributed by atoms with van der Waals surface area (Å²) in [5.41, 5.74) is 0. The summed E-state index contributed by atoms with van der Waals surface area (Å²) in [6.07, 6.45) is 28.0. The summed E-state index contributed by atoms with van der Waals surface area (Å²) >= 11 is 0. The largest absolute Gasteiger partial charge is 0.481 e. The number of carboxylic acids is 1. The Morgan fingerprint density at radius 3 is 2.41 bits per heavy atom. The summed E-state index contributed by atoms with van der Waals surface area (Å²) in [6.45, 7) is 4.48. The monoisotopic (exact) mass is 374 g/mol. The summed E-state index contributed by atoms with van der Waals surface area (Å²) in [7, 11) is 0. The number of rotatable bonds is 16. The summed E-state index contributed by atoms with van der Waals surface area (Å²) in [4.78, 5) is 10.4. The predicted molar refractivity (Wildman–Crippen MR) is 116 cm³/mol. The van der Waals surface area contributed by atoms with Gasteiger partial charge in [0.1, 0.15) is 0 Å². The van der Waals surface area contributed by atoms with Gasteiger partial charge in [-0.3, -0.25) is 4.79 Å². The van der Waals surface area contributed by atoms with Crippen LogP contribution in [0.15, 0.2) is 60.8 Å². The van der Waals surface area contributed by atoms with Gasteiger partial charge in [-0.15, -0.1) is 0 Å². The molecule has 27 heavy (non-hydrogen) atoms. The Labute approximate surface area is 165 Å². The lowest BCUT2D eigenvalue weighted by Gasteiger charge is -2.05. The van der Waals surface area contributed by atoms with Crippen molar-refractivity contribution in [3.8, 4) is 0 Å². The second kappa shape index (κ2) is 18.9. The summed E-state index contributed by atoms with van der Waals surface area (Å²) < 4.78 is 0. The maximum Gasteiger partial charge on any atom is 0.303 e. The molecule has 0 rings (SSSR count). The van der Waals surface area contributed by atoms with Gasteiger partial charge < -0.3 is 10.2 Å². The number of aliphatic hydroxyl groups excluding tert-OH is 1. The molecule has 0 spiro atoms. The third-order valence-electron chi connectivity index (χ3n) is 4.13. The van der Waals surface area contributed by atoms with Crippen LogP contribution in [0.3, 0.4) is 0 Å². The van der Waals surface area contributed by atoms with Crippen molar-refractivity contribution in [1.82, 2.24) is 0 Å². The highest BCUT2D eigenvalue weighted by molar-refractivity contribution is 5.66. The minimum atomic E-state index is -0.736. The Bertz CT molecular complexity index is 498. The van der Waals surface area contributed by atoms with E-state index in [9.17, 15) is 9.90 Å². The molecular weight excluding hydrogens is 336 g/mol. The molecule has 2 atom stereocenters. The molecule has 0 radical (unpaired) electrons. The van der Waals surface area contributed by atoms with Gasteiger partial charge in [0.05, 0.1) is 0 Å². The average molecular weight is 375 g/mol. The van der Waals surface area contributed by atoms with E-state index in [1.807, 2.05) is 12.2 Å². The van der Waals surface area contributed by atoms with Crippen LogP contribution in [0.25, 0.3) is 0 Å². The minimum absolute atomic E-state index is 0.130. The first-order valence-electron chi connectivity index (χ1n) is 10.2. The molecule has 2 N–H and O–H groups in total. The molecule has 3 heteroatoms. The lowest BCUT2D eigenvalue weighted by Crippen LogP contribution is -2.00. The Morgan fingerprint density at radius 1 is 0.926 bits per heavy atom. The van der Waals surface area contributed by atoms with E-state index >= 15 is 0 Å². The van der Waals surface area contributed by atoms with Crippen molar-refractivity contribution >= 4 is 5.97 Å². The number of carboxylic acid groups (broad SMARTS) is 1. The van der Waals surface area contributed by atoms with Crippen molar-refractivity contribution in [2.24, 2.45) is 11.8 Å². The molecule has 152 valence electrons. The van der Waals surface area contributed by atoms with Gasteiger partial charge in [-0.05, 0) is 50.9 Å². The van der Waals surface area contributed by atoms with E-state index in [-0.39, 0.29) is 18.9 Å². The van der Waals surface area contributed by atoms with Crippen LogP contribution >= 0.6 is 0 Å².